The molecule has 0 bridgehead atoms. The number of hydrogen-bond acceptors (Lipinski definition) is 7. The number of nitro groups is 1. The van der Waals surface area contributed by atoms with E-state index in [9.17, 15) is 14.9 Å². The molecule has 2 aromatic heterocycles. The number of nitrogens with zero attached hydrogens (tertiary/aromatic N) is 4. The third-order valence-corrected chi connectivity index (χ3v) is 4.03. The van der Waals surface area contributed by atoms with Crippen LogP contribution in [0.1, 0.15) is 17.3 Å². The first-order valence-corrected chi connectivity index (χ1v) is 6.99. The number of ketones is 1. The molecule has 1 aromatic carbocycles. The highest BCUT2D eigenvalue weighted by atomic mass is 32.2. The SMILES string of the molecule is CC(=O)c1ccc(Sc2ncnc3nc[nH]c23)c([N+](=O)[O-])c1. The Balaban J connectivity index is 2.07. The molecule has 0 unspecified atom stereocenters. The van der Waals surface area contributed by atoms with Crippen molar-refractivity contribution in [2.24, 2.45) is 0 Å². The van der Waals surface area contributed by atoms with Gasteiger partial charge in [-0.05, 0) is 19.1 Å². The normalized spacial score (nSPS) is 10.8. The zero-order valence-electron chi connectivity index (χ0n) is 11.3. The van der Waals surface area contributed by atoms with Gasteiger partial charge in [-0.25, -0.2) is 15.0 Å². The monoisotopic (exact) mass is 315 g/mol. The smallest absolute Gasteiger partial charge is 0.284 e. The highest BCUT2D eigenvalue weighted by Crippen LogP contribution is 2.36. The number of carbonyl (C=O) groups is 1. The second kappa shape index (κ2) is 5.53. The average Bonchev–Trinajstić information content (AvgIpc) is 2.96. The molecule has 0 spiro atoms. The maximum absolute atomic E-state index is 11.4. The largest absolute Gasteiger partial charge is 0.341 e. The van der Waals surface area contributed by atoms with Crippen LogP contribution in [-0.2, 0) is 0 Å². The molecule has 0 amide bonds. The maximum atomic E-state index is 11.4. The summed E-state index contributed by atoms with van der Waals surface area (Å²) in [6, 6.07) is 4.38. The molecule has 0 aliphatic heterocycles. The molecular formula is C13H9N5O3S. The number of fused-ring (bicyclic) bond motifs is 1. The van der Waals surface area contributed by atoms with Crippen molar-refractivity contribution in [2.45, 2.75) is 16.8 Å². The summed E-state index contributed by atoms with van der Waals surface area (Å²) in [5.74, 6) is -0.224. The maximum Gasteiger partial charge on any atom is 0.284 e. The Morgan fingerprint density at radius 3 is 2.86 bits per heavy atom. The Hall–Kier alpha value is -2.81. The predicted molar refractivity (Wildman–Crippen MR) is 78.9 cm³/mol. The lowest BCUT2D eigenvalue weighted by molar-refractivity contribution is -0.387. The summed E-state index contributed by atoms with van der Waals surface area (Å²) in [5.41, 5.74) is 1.26. The summed E-state index contributed by atoms with van der Waals surface area (Å²) in [5, 5.41) is 11.8. The van der Waals surface area contributed by atoms with Gasteiger partial charge in [0.15, 0.2) is 11.4 Å². The summed E-state index contributed by atoms with van der Waals surface area (Å²) in [6.45, 7) is 1.37. The minimum atomic E-state index is -0.514. The van der Waals surface area contributed by atoms with Crippen molar-refractivity contribution >= 4 is 34.4 Å². The number of aromatic nitrogens is 4. The van der Waals surface area contributed by atoms with E-state index < -0.39 is 4.92 Å². The third kappa shape index (κ3) is 2.53. The molecule has 0 fully saturated rings. The fourth-order valence-corrected chi connectivity index (χ4v) is 2.82. The number of nitro benzene ring substituents is 1. The molecule has 110 valence electrons. The third-order valence-electron chi connectivity index (χ3n) is 2.96. The first kappa shape index (κ1) is 14.1. The van der Waals surface area contributed by atoms with Crippen LogP contribution in [-0.4, -0.2) is 30.6 Å². The Labute approximate surface area is 128 Å². The minimum Gasteiger partial charge on any atom is -0.341 e. The summed E-state index contributed by atoms with van der Waals surface area (Å²) < 4.78 is 0. The van der Waals surface area contributed by atoms with Crippen LogP contribution in [0.2, 0.25) is 0 Å². The van der Waals surface area contributed by atoms with Gasteiger partial charge < -0.3 is 4.98 Å². The molecule has 9 heteroatoms. The molecule has 0 aliphatic rings. The summed E-state index contributed by atoms with van der Waals surface area (Å²) in [4.78, 5) is 37.5. The molecule has 0 radical (unpaired) electrons. The van der Waals surface area contributed by atoms with Crippen LogP contribution in [0.25, 0.3) is 11.2 Å². The lowest BCUT2D eigenvalue weighted by Crippen LogP contribution is -1.97. The topological polar surface area (TPSA) is 115 Å². The van der Waals surface area contributed by atoms with E-state index in [1.807, 2.05) is 0 Å². The average molecular weight is 315 g/mol. The number of carbonyl (C=O) groups excluding carboxylic acids is 1. The fraction of sp³-hybridized carbons (Fsp3) is 0.0769. The van der Waals surface area contributed by atoms with Crippen LogP contribution in [0.3, 0.4) is 0 Å². The number of Topliss-reactive ketones (excluding diaryl/α,β-unsaturated/α-hetero) is 1. The van der Waals surface area contributed by atoms with E-state index in [1.54, 1.807) is 12.1 Å². The van der Waals surface area contributed by atoms with Gasteiger partial charge >= 0.3 is 0 Å². The molecule has 0 saturated carbocycles. The van der Waals surface area contributed by atoms with E-state index in [-0.39, 0.29) is 11.5 Å². The lowest BCUT2D eigenvalue weighted by Gasteiger charge is -2.04. The number of hydrogen-bond donors (Lipinski definition) is 1. The van der Waals surface area contributed by atoms with Crippen LogP contribution >= 0.6 is 11.8 Å². The first-order chi connectivity index (χ1) is 10.6. The van der Waals surface area contributed by atoms with Gasteiger partial charge in [-0.1, -0.05) is 11.8 Å². The molecule has 3 aromatic rings. The van der Waals surface area contributed by atoms with Crippen LogP contribution in [0, 0.1) is 10.1 Å². The van der Waals surface area contributed by atoms with Gasteiger partial charge in [0.2, 0.25) is 0 Å². The lowest BCUT2D eigenvalue weighted by atomic mass is 10.1. The second-order valence-corrected chi connectivity index (χ2v) is 5.41. The van der Waals surface area contributed by atoms with E-state index in [1.165, 1.54) is 25.6 Å². The quantitative estimate of drug-likeness (QED) is 0.340. The highest BCUT2D eigenvalue weighted by molar-refractivity contribution is 7.99. The number of imidazole rings is 1. The fourth-order valence-electron chi connectivity index (χ4n) is 1.89. The van der Waals surface area contributed by atoms with Crippen molar-refractivity contribution in [1.82, 2.24) is 19.9 Å². The number of nitrogens with one attached hydrogen (secondary N) is 1. The van der Waals surface area contributed by atoms with Gasteiger partial charge in [-0.2, -0.15) is 0 Å². The summed E-state index contributed by atoms with van der Waals surface area (Å²) in [6.07, 6.45) is 2.83. The number of benzene rings is 1. The summed E-state index contributed by atoms with van der Waals surface area (Å²) >= 11 is 1.12. The molecule has 8 nitrogen and oxygen atoms in total. The second-order valence-electron chi connectivity index (χ2n) is 4.38. The van der Waals surface area contributed by atoms with E-state index in [4.69, 9.17) is 0 Å². The number of aromatic amines is 1. The van der Waals surface area contributed by atoms with E-state index in [0.29, 0.717) is 26.6 Å². The molecule has 2 heterocycles. The number of rotatable bonds is 4. The van der Waals surface area contributed by atoms with Gasteiger partial charge in [0.05, 0.1) is 16.1 Å². The van der Waals surface area contributed by atoms with Crippen LogP contribution in [0.15, 0.2) is 40.8 Å². The molecule has 22 heavy (non-hydrogen) atoms. The summed E-state index contributed by atoms with van der Waals surface area (Å²) in [7, 11) is 0. The Morgan fingerprint density at radius 2 is 2.14 bits per heavy atom. The van der Waals surface area contributed by atoms with Crippen molar-refractivity contribution in [2.75, 3.05) is 0 Å². The Bertz CT molecular complexity index is 892. The van der Waals surface area contributed by atoms with Crippen molar-refractivity contribution in [1.29, 1.82) is 0 Å². The molecular weight excluding hydrogens is 306 g/mol. The zero-order valence-corrected chi connectivity index (χ0v) is 12.1. The first-order valence-electron chi connectivity index (χ1n) is 6.17. The zero-order chi connectivity index (χ0) is 15.7. The highest BCUT2D eigenvalue weighted by Gasteiger charge is 2.19. The van der Waals surface area contributed by atoms with E-state index in [2.05, 4.69) is 19.9 Å². The van der Waals surface area contributed by atoms with Crippen LogP contribution in [0.4, 0.5) is 5.69 Å². The van der Waals surface area contributed by atoms with Gasteiger partial charge in [-0.3, -0.25) is 14.9 Å². The van der Waals surface area contributed by atoms with Crippen molar-refractivity contribution in [3.05, 3.63) is 46.5 Å². The van der Waals surface area contributed by atoms with Crippen molar-refractivity contribution in [3.8, 4) is 0 Å². The Kier molecular flexibility index (Phi) is 3.55. The van der Waals surface area contributed by atoms with Gasteiger partial charge in [-0.15, -0.1) is 0 Å². The molecule has 0 aliphatic carbocycles. The van der Waals surface area contributed by atoms with Crippen molar-refractivity contribution < 1.29 is 9.72 Å². The van der Waals surface area contributed by atoms with Gasteiger partial charge in [0.1, 0.15) is 16.9 Å². The van der Waals surface area contributed by atoms with Crippen molar-refractivity contribution in [3.63, 3.8) is 0 Å². The molecule has 3 rings (SSSR count). The number of H-pyrrole nitrogens is 1. The van der Waals surface area contributed by atoms with Crippen LogP contribution in [0.5, 0.6) is 0 Å². The van der Waals surface area contributed by atoms with Gasteiger partial charge in [0, 0.05) is 11.6 Å². The molecule has 0 atom stereocenters. The van der Waals surface area contributed by atoms with Gasteiger partial charge in [0.25, 0.3) is 5.69 Å². The molecule has 1 N–H and O–H groups in total. The van der Waals surface area contributed by atoms with E-state index >= 15 is 0 Å². The minimum absolute atomic E-state index is 0.135. The van der Waals surface area contributed by atoms with E-state index in [0.717, 1.165) is 11.8 Å². The standard InChI is InChI=1S/C13H9N5O3S/c1-7(19)8-2-3-10(9(4-8)18(20)21)22-13-11-12(15-5-14-11)16-6-17-13/h2-6H,1H3,(H,14,15,16,17). The predicted octanol–water partition coefficient (Wildman–Crippen LogP) is 2.61. The Morgan fingerprint density at radius 1 is 1.32 bits per heavy atom. The molecule has 0 saturated heterocycles. The van der Waals surface area contributed by atoms with Crippen LogP contribution < -0.4 is 0 Å².